The molecule has 1 aromatic rings. The Morgan fingerprint density at radius 1 is 1.00 bits per heavy atom. The molecule has 0 N–H and O–H groups in total. The fourth-order valence-electron chi connectivity index (χ4n) is 0.992. The first-order valence-corrected chi connectivity index (χ1v) is 5.65. The van der Waals surface area contributed by atoms with Crippen LogP contribution in [0.5, 0.6) is 0 Å². The zero-order chi connectivity index (χ0) is 11.0. The third-order valence-corrected chi connectivity index (χ3v) is 1.80. The molecule has 0 bridgehead atoms. The summed E-state index contributed by atoms with van der Waals surface area (Å²) in [5.74, 6) is 0.730. The molecule has 0 atom stereocenters. The van der Waals surface area contributed by atoms with Gasteiger partial charge in [-0.2, -0.15) is 0 Å². The molecule has 0 amide bonds. The number of aryl methyl sites for hydroxylation is 1. The third-order valence-electron chi connectivity index (χ3n) is 1.80. The van der Waals surface area contributed by atoms with Crippen molar-refractivity contribution in [3.63, 3.8) is 0 Å². The van der Waals surface area contributed by atoms with Crippen LogP contribution in [-0.2, 0) is 0 Å². The Kier molecular flexibility index (Phi) is 6.99. The third kappa shape index (κ3) is 4.35. The van der Waals surface area contributed by atoms with E-state index in [1.54, 1.807) is 0 Å². The van der Waals surface area contributed by atoms with Crippen molar-refractivity contribution in [1.29, 1.82) is 0 Å². The fourth-order valence-corrected chi connectivity index (χ4v) is 0.992. The molecule has 0 aliphatic heterocycles. The summed E-state index contributed by atoms with van der Waals surface area (Å²) in [5.41, 5.74) is 2.18. The van der Waals surface area contributed by atoms with E-state index in [4.69, 9.17) is 0 Å². The second-order valence-corrected chi connectivity index (χ2v) is 2.86. The molecular formula is C12H22N2. The maximum atomic E-state index is 4.28. The molecule has 0 spiro atoms. The maximum Gasteiger partial charge on any atom is 0.0617 e. The maximum absolute atomic E-state index is 4.28. The lowest BCUT2D eigenvalue weighted by Gasteiger charge is -1.94. The second-order valence-electron chi connectivity index (χ2n) is 2.86. The lowest BCUT2D eigenvalue weighted by molar-refractivity contribution is 0.967. The topological polar surface area (TPSA) is 25.8 Å². The molecule has 2 rings (SSSR count). The largest absolute Gasteiger partial charge is 0.258 e. The van der Waals surface area contributed by atoms with Crippen LogP contribution < -0.4 is 0 Å². The average molecular weight is 194 g/mol. The zero-order valence-corrected chi connectivity index (χ0v) is 10.0. The van der Waals surface area contributed by atoms with Gasteiger partial charge in [0.15, 0.2) is 0 Å². The predicted molar refractivity (Wildman–Crippen MR) is 61.4 cm³/mol. The summed E-state index contributed by atoms with van der Waals surface area (Å²) in [6.45, 7) is 9.96. The van der Waals surface area contributed by atoms with Crippen molar-refractivity contribution in [2.45, 2.75) is 53.4 Å². The van der Waals surface area contributed by atoms with Gasteiger partial charge in [-0.1, -0.05) is 27.7 Å². The Hall–Kier alpha value is -0.920. The number of rotatable bonds is 1. The molecule has 1 heterocycles. The summed E-state index contributed by atoms with van der Waals surface area (Å²) in [7, 11) is 0. The molecule has 2 nitrogen and oxygen atoms in total. The van der Waals surface area contributed by atoms with Gasteiger partial charge in [-0.25, -0.2) is 0 Å². The molecule has 1 aliphatic rings. The Bertz CT molecular complexity index is 225. The first-order valence-electron chi connectivity index (χ1n) is 5.65. The lowest BCUT2D eigenvalue weighted by atomic mass is 10.3. The van der Waals surface area contributed by atoms with Crippen molar-refractivity contribution in [2.75, 3.05) is 0 Å². The minimum atomic E-state index is 0.730. The molecular weight excluding hydrogens is 172 g/mol. The summed E-state index contributed by atoms with van der Waals surface area (Å²) >= 11 is 0. The second kappa shape index (κ2) is 7.48. The fraction of sp³-hybridized carbons (Fsp3) is 0.667. The van der Waals surface area contributed by atoms with Gasteiger partial charge in [-0.15, -0.1) is 0 Å². The van der Waals surface area contributed by atoms with E-state index in [1.807, 2.05) is 47.0 Å². The van der Waals surface area contributed by atoms with Crippen molar-refractivity contribution in [2.24, 2.45) is 0 Å². The quantitative estimate of drug-likeness (QED) is 0.681. The van der Waals surface area contributed by atoms with Crippen molar-refractivity contribution < 1.29 is 0 Å². The van der Waals surface area contributed by atoms with Crippen molar-refractivity contribution in [3.8, 4) is 0 Å². The van der Waals surface area contributed by atoms with Crippen LogP contribution in [0.1, 0.15) is 57.8 Å². The van der Waals surface area contributed by atoms with Crippen LogP contribution in [0.4, 0.5) is 0 Å². The molecule has 1 fully saturated rings. The van der Waals surface area contributed by atoms with E-state index in [2.05, 4.69) is 9.97 Å². The van der Waals surface area contributed by atoms with Crippen molar-refractivity contribution in [3.05, 3.63) is 23.8 Å². The van der Waals surface area contributed by atoms with Gasteiger partial charge in [0.2, 0.25) is 0 Å². The van der Waals surface area contributed by atoms with Crippen molar-refractivity contribution in [1.82, 2.24) is 9.97 Å². The summed E-state index contributed by atoms with van der Waals surface area (Å²) in [4.78, 5) is 8.46. The van der Waals surface area contributed by atoms with E-state index in [1.165, 1.54) is 18.5 Å². The summed E-state index contributed by atoms with van der Waals surface area (Å²) in [6.07, 6.45) is 6.34. The van der Waals surface area contributed by atoms with E-state index in [-0.39, 0.29) is 0 Å². The van der Waals surface area contributed by atoms with Gasteiger partial charge in [0.1, 0.15) is 0 Å². The lowest BCUT2D eigenvalue weighted by Crippen LogP contribution is -1.89. The van der Waals surface area contributed by atoms with Crippen LogP contribution in [-0.4, -0.2) is 9.97 Å². The summed E-state index contributed by atoms with van der Waals surface area (Å²) in [6, 6.07) is 0. The first kappa shape index (κ1) is 13.1. The monoisotopic (exact) mass is 194 g/mol. The van der Waals surface area contributed by atoms with E-state index in [9.17, 15) is 0 Å². The minimum Gasteiger partial charge on any atom is -0.258 e. The molecule has 1 saturated carbocycles. The molecule has 0 radical (unpaired) electrons. The number of nitrogens with zero attached hydrogens (tertiary/aromatic N) is 2. The Labute approximate surface area is 87.8 Å². The van der Waals surface area contributed by atoms with E-state index < -0.39 is 0 Å². The summed E-state index contributed by atoms with van der Waals surface area (Å²) in [5, 5.41) is 0. The molecule has 80 valence electrons. The SMILES string of the molecule is CC.CC.Cc1cnc(C2CC2)cn1. The molecule has 14 heavy (non-hydrogen) atoms. The molecule has 0 saturated heterocycles. The highest BCUT2D eigenvalue weighted by atomic mass is 14.8. The van der Waals surface area contributed by atoms with Gasteiger partial charge in [0.25, 0.3) is 0 Å². The highest BCUT2D eigenvalue weighted by Gasteiger charge is 2.24. The predicted octanol–water partition coefficient (Wildman–Crippen LogP) is 3.71. The van der Waals surface area contributed by atoms with E-state index in [0.717, 1.165) is 11.6 Å². The molecule has 1 aromatic heterocycles. The zero-order valence-electron chi connectivity index (χ0n) is 10.0. The van der Waals surface area contributed by atoms with Gasteiger partial charge in [0, 0.05) is 18.3 Å². The van der Waals surface area contributed by atoms with Crippen LogP contribution in [0.15, 0.2) is 12.4 Å². The van der Waals surface area contributed by atoms with Gasteiger partial charge in [0.05, 0.1) is 11.4 Å². The van der Waals surface area contributed by atoms with Crippen LogP contribution >= 0.6 is 0 Å². The Morgan fingerprint density at radius 3 is 1.93 bits per heavy atom. The highest BCUT2D eigenvalue weighted by Crippen LogP contribution is 2.38. The number of aromatic nitrogens is 2. The smallest absolute Gasteiger partial charge is 0.0617 e. The first-order chi connectivity index (χ1) is 6.86. The minimum absolute atomic E-state index is 0.730. The van der Waals surface area contributed by atoms with Crippen molar-refractivity contribution >= 4 is 0 Å². The van der Waals surface area contributed by atoms with Crippen LogP contribution in [0.25, 0.3) is 0 Å². The molecule has 0 unspecified atom stereocenters. The van der Waals surface area contributed by atoms with E-state index in [0.29, 0.717) is 0 Å². The van der Waals surface area contributed by atoms with Gasteiger partial charge in [-0.3, -0.25) is 9.97 Å². The van der Waals surface area contributed by atoms with Gasteiger partial charge in [-0.05, 0) is 19.8 Å². The molecule has 1 aliphatic carbocycles. The Morgan fingerprint density at radius 2 is 1.57 bits per heavy atom. The molecule has 2 heteroatoms. The summed E-state index contributed by atoms with van der Waals surface area (Å²) < 4.78 is 0. The van der Waals surface area contributed by atoms with E-state index >= 15 is 0 Å². The van der Waals surface area contributed by atoms with Crippen LogP contribution in [0, 0.1) is 6.92 Å². The van der Waals surface area contributed by atoms with Crippen LogP contribution in [0.3, 0.4) is 0 Å². The van der Waals surface area contributed by atoms with Crippen LogP contribution in [0.2, 0.25) is 0 Å². The standard InChI is InChI=1S/C8H10N2.2C2H6/c1-6-4-10-8(5-9-6)7-2-3-7;2*1-2/h4-5,7H,2-3H2,1H3;2*1-2H3. The Balaban J connectivity index is 0.000000379. The van der Waals surface area contributed by atoms with Gasteiger partial charge >= 0.3 is 0 Å². The normalized spacial score (nSPS) is 13.2. The average Bonchev–Trinajstić information content (AvgIpc) is 3.09. The number of hydrogen-bond acceptors (Lipinski definition) is 2. The number of hydrogen-bond donors (Lipinski definition) is 0. The highest BCUT2D eigenvalue weighted by molar-refractivity contribution is 5.11. The van der Waals surface area contributed by atoms with Gasteiger partial charge < -0.3 is 0 Å². The molecule has 0 aromatic carbocycles.